The molecule has 1 aliphatic rings. The first kappa shape index (κ1) is 14.5. The van der Waals surface area contributed by atoms with Gasteiger partial charge in [-0.1, -0.05) is 12.8 Å². The minimum Gasteiger partial charge on any atom is -0.396 e. The Hall–Kier alpha value is -0.870. The standard InChI is InChI=1S/C15H27N3O/c1-12(2)18-8-7-15(17-18)10-16-9-13-5-3-4-6-14(13)11-19/h7-8,12-14,16,19H,3-6,9-11H2,1-2H3. The second kappa shape index (κ2) is 7.06. The normalized spacial score (nSPS) is 24.0. The molecule has 0 bridgehead atoms. The van der Waals surface area contributed by atoms with Crippen molar-refractivity contribution in [2.75, 3.05) is 13.2 Å². The summed E-state index contributed by atoms with van der Waals surface area (Å²) in [5.74, 6) is 1.13. The Morgan fingerprint density at radius 2 is 2.11 bits per heavy atom. The Morgan fingerprint density at radius 1 is 1.37 bits per heavy atom. The fourth-order valence-electron chi connectivity index (χ4n) is 2.94. The zero-order valence-electron chi connectivity index (χ0n) is 12.2. The van der Waals surface area contributed by atoms with Gasteiger partial charge in [0.1, 0.15) is 0 Å². The number of rotatable bonds is 6. The number of nitrogens with one attached hydrogen (secondary N) is 1. The quantitative estimate of drug-likeness (QED) is 0.830. The van der Waals surface area contributed by atoms with E-state index in [0.29, 0.717) is 24.5 Å². The van der Waals surface area contributed by atoms with Crippen LogP contribution in [0.3, 0.4) is 0 Å². The van der Waals surface area contributed by atoms with E-state index in [1.54, 1.807) is 0 Å². The molecule has 1 aliphatic carbocycles. The topological polar surface area (TPSA) is 50.1 Å². The summed E-state index contributed by atoms with van der Waals surface area (Å²) in [5.41, 5.74) is 1.10. The van der Waals surface area contributed by atoms with Crippen LogP contribution in [0.2, 0.25) is 0 Å². The van der Waals surface area contributed by atoms with Crippen molar-refractivity contribution in [1.29, 1.82) is 0 Å². The van der Waals surface area contributed by atoms with E-state index in [0.717, 1.165) is 18.8 Å². The lowest BCUT2D eigenvalue weighted by atomic mass is 9.79. The van der Waals surface area contributed by atoms with Crippen molar-refractivity contribution < 1.29 is 5.11 Å². The van der Waals surface area contributed by atoms with Gasteiger partial charge >= 0.3 is 0 Å². The highest BCUT2D eigenvalue weighted by Crippen LogP contribution is 2.29. The maximum atomic E-state index is 9.40. The maximum absolute atomic E-state index is 9.40. The zero-order chi connectivity index (χ0) is 13.7. The first-order valence-corrected chi connectivity index (χ1v) is 7.56. The Labute approximate surface area is 116 Å². The van der Waals surface area contributed by atoms with E-state index in [4.69, 9.17) is 0 Å². The molecule has 0 radical (unpaired) electrons. The Morgan fingerprint density at radius 3 is 2.74 bits per heavy atom. The summed E-state index contributed by atoms with van der Waals surface area (Å²) in [4.78, 5) is 0. The number of aliphatic hydroxyl groups is 1. The van der Waals surface area contributed by atoms with Crippen LogP contribution in [0.5, 0.6) is 0 Å². The molecule has 2 N–H and O–H groups in total. The predicted molar refractivity (Wildman–Crippen MR) is 76.9 cm³/mol. The van der Waals surface area contributed by atoms with Gasteiger partial charge in [0.25, 0.3) is 0 Å². The van der Waals surface area contributed by atoms with Crippen molar-refractivity contribution in [1.82, 2.24) is 15.1 Å². The van der Waals surface area contributed by atoms with E-state index in [-0.39, 0.29) is 0 Å². The van der Waals surface area contributed by atoms with Crippen LogP contribution in [0.15, 0.2) is 12.3 Å². The highest BCUT2D eigenvalue weighted by molar-refractivity contribution is 4.99. The fourth-order valence-corrected chi connectivity index (χ4v) is 2.94. The van der Waals surface area contributed by atoms with Crippen LogP contribution < -0.4 is 5.32 Å². The van der Waals surface area contributed by atoms with Crippen LogP contribution in [0.25, 0.3) is 0 Å². The third-order valence-electron chi connectivity index (χ3n) is 4.21. The Kier molecular flexibility index (Phi) is 5.40. The van der Waals surface area contributed by atoms with Gasteiger partial charge in [0, 0.05) is 25.4 Å². The maximum Gasteiger partial charge on any atom is 0.0762 e. The van der Waals surface area contributed by atoms with E-state index >= 15 is 0 Å². The molecular formula is C15H27N3O. The van der Waals surface area contributed by atoms with E-state index in [1.165, 1.54) is 25.7 Å². The smallest absolute Gasteiger partial charge is 0.0762 e. The van der Waals surface area contributed by atoms with E-state index in [1.807, 2.05) is 10.9 Å². The second-order valence-corrected chi connectivity index (χ2v) is 6.00. The lowest BCUT2D eigenvalue weighted by Crippen LogP contribution is -2.32. The molecule has 0 amide bonds. The molecule has 19 heavy (non-hydrogen) atoms. The summed E-state index contributed by atoms with van der Waals surface area (Å²) < 4.78 is 1.99. The minimum atomic E-state index is 0.342. The molecule has 4 heteroatoms. The molecule has 2 rings (SSSR count). The SMILES string of the molecule is CC(C)n1ccc(CNCC2CCCCC2CO)n1. The van der Waals surface area contributed by atoms with Gasteiger partial charge < -0.3 is 10.4 Å². The lowest BCUT2D eigenvalue weighted by Gasteiger charge is -2.30. The van der Waals surface area contributed by atoms with Crippen molar-refractivity contribution in [2.24, 2.45) is 11.8 Å². The van der Waals surface area contributed by atoms with Gasteiger partial charge in [0.15, 0.2) is 0 Å². The molecule has 0 aliphatic heterocycles. The van der Waals surface area contributed by atoms with Crippen molar-refractivity contribution in [3.63, 3.8) is 0 Å². The highest BCUT2D eigenvalue weighted by atomic mass is 16.3. The molecule has 1 aromatic rings. The fraction of sp³-hybridized carbons (Fsp3) is 0.800. The first-order valence-electron chi connectivity index (χ1n) is 7.56. The molecule has 2 unspecified atom stereocenters. The van der Waals surface area contributed by atoms with Crippen LogP contribution in [0, 0.1) is 11.8 Å². The number of aromatic nitrogens is 2. The van der Waals surface area contributed by atoms with Crippen LogP contribution in [0.4, 0.5) is 0 Å². The molecule has 1 aromatic heterocycles. The van der Waals surface area contributed by atoms with Crippen molar-refractivity contribution in [3.05, 3.63) is 18.0 Å². The van der Waals surface area contributed by atoms with Gasteiger partial charge in [-0.3, -0.25) is 4.68 Å². The molecule has 108 valence electrons. The molecule has 0 spiro atoms. The first-order chi connectivity index (χ1) is 9.20. The Balaban J connectivity index is 1.75. The number of nitrogens with zero attached hydrogens (tertiary/aromatic N) is 2. The summed E-state index contributed by atoms with van der Waals surface area (Å²) in [6.45, 7) is 6.44. The number of hydrogen-bond acceptors (Lipinski definition) is 3. The number of hydrogen-bond donors (Lipinski definition) is 2. The second-order valence-electron chi connectivity index (χ2n) is 6.00. The average molecular weight is 265 g/mol. The van der Waals surface area contributed by atoms with Crippen LogP contribution >= 0.6 is 0 Å². The molecule has 1 fully saturated rings. The molecule has 1 saturated carbocycles. The molecule has 1 heterocycles. The van der Waals surface area contributed by atoms with Crippen molar-refractivity contribution in [3.8, 4) is 0 Å². The third-order valence-corrected chi connectivity index (χ3v) is 4.21. The van der Waals surface area contributed by atoms with Gasteiger partial charge in [-0.25, -0.2) is 0 Å². The Bertz CT molecular complexity index is 375. The molecule has 0 saturated heterocycles. The van der Waals surface area contributed by atoms with Crippen molar-refractivity contribution >= 4 is 0 Å². The van der Waals surface area contributed by atoms with Crippen LogP contribution in [-0.4, -0.2) is 28.0 Å². The summed E-state index contributed by atoms with van der Waals surface area (Å²) in [6.07, 6.45) is 7.06. The van der Waals surface area contributed by atoms with Crippen LogP contribution in [0.1, 0.15) is 51.3 Å². The average Bonchev–Trinajstić information content (AvgIpc) is 2.88. The van der Waals surface area contributed by atoms with Crippen LogP contribution in [-0.2, 0) is 6.54 Å². The van der Waals surface area contributed by atoms with E-state index in [2.05, 4.69) is 30.3 Å². The summed E-state index contributed by atoms with van der Waals surface area (Å²) in [5, 5.41) is 17.4. The van der Waals surface area contributed by atoms with Gasteiger partial charge in [-0.05, 0) is 51.1 Å². The van der Waals surface area contributed by atoms with Gasteiger partial charge in [0.05, 0.1) is 5.69 Å². The molecule has 4 nitrogen and oxygen atoms in total. The van der Waals surface area contributed by atoms with Crippen molar-refractivity contribution in [2.45, 2.75) is 52.1 Å². The largest absolute Gasteiger partial charge is 0.396 e. The highest BCUT2D eigenvalue weighted by Gasteiger charge is 2.23. The predicted octanol–water partition coefficient (Wildman–Crippen LogP) is 2.35. The molecular weight excluding hydrogens is 238 g/mol. The van der Waals surface area contributed by atoms with E-state index < -0.39 is 0 Å². The summed E-state index contributed by atoms with van der Waals surface area (Å²) in [6, 6.07) is 2.50. The monoisotopic (exact) mass is 265 g/mol. The number of aliphatic hydroxyl groups excluding tert-OH is 1. The zero-order valence-corrected chi connectivity index (χ0v) is 12.2. The third kappa shape index (κ3) is 4.05. The summed E-state index contributed by atoms with van der Waals surface area (Å²) in [7, 11) is 0. The lowest BCUT2D eigenvalue weighted by molar-refractivity contribution is 0.133. The van der Waals surface area contributed by atoms with E-state index in [9.17, 15) is 5.11 Å². The van der Waals surface area contributed by atoms with Gasteiger partial charge in [0.2, 0.25) is 0 Å². The molecule has 0 aromatic carbocycles. The molecule has 2 atom stereocenters. The van der Waals surface area contributed by atoms with Gasteiger partial charge in [-0.15, -0.1) is 0 Å². The van der Waals surface area contributed by atoms with Gasteiger partial charge in [-0.2, -0.15) is 5.10 Å². The minimum absolute atomic E-state index is 0.342. The summed E-state index contributed by atoms with van der Waals surface area (Å²) >= 11 is 0.